The molecule has 0 amide bonds. The highest BCUT2D eigenvalue weighted by Gasteiger charge is 2.14. The van der Waals surface area contributed by atoms with Crippen LogP contribution in [0.25, 0.3) is 46.6 Å². The van der Waals surface area contributed by atoms with Crippen LogP contribution in [0.3, 0.4) is 0 Å². The lowest BCUT2D eigenvalue weighted by Crippen LogP contribution is -2.09. The van der Waals surface area contributed by atoms with Crippen molar-refractivity contribution in [2.24, 2.45) is 0 Å². The zero-order chi connectivity index (χ0) is 42.1. The van der Waals surface area contributed by atoms with Crippen molar-refractivity contribution < 1.29 is 0 Å². The molecule has 0 saturated carbocycles. The largest absolute Gasteiger partial charge is 0.311 e. The first-order chi connectivity index (χ1) is 30.6. The zero-order valence-electron chi connectivity index (χ0n) is 35.1. The van der Waals surface area contributed by atoms with E-state index in [-0.39, 0.29) is 0 Å². The number of anilines is 6. The Kier molecular flexibility index (Phi) is 11.8. The molecule has 0 saturated heterocycles. The molecule has 0 bridgehead atoms. The quantitative estimate of drug-likeness (QED) is 0.114. The predicted molar refractivity (Wildman–Crippen MR) is 267 cm³/mol. The second-order valence-corrected chi connectivity index (χ2v) is 15.6. The lowest BCUT2D eigenvalue weighted by molar-refractivity contribution is 1.28. The molecule has 0 unspecified atom stereocenters. The van der Waals surface area contributed by atoms with Gasteiger partial charge in [-0.25, -0.2) is 0 Å². The Labute approximate surface area is 366 Å². The normalized spacial score (nSPS) is 11.3. The molecule has 0 aliphatic heterocycles. The van der Waals surface area contributed by atoms with Crippen LogP contribution in [-0.4, -0.2) is 0 Å². The Morgan fingerprint density at radius 3 is 1.03 bits per heavy atom. The van der Waals surface area contributed by atoms with E-state index in [9.17, 15) is 0 Å². The van der Waals surface area contributed by atoms with E-state index in [0.29, 0.717) is 0 Å². The van der Waals surface area contributed by atoms with E-state index in [1.165, 1.54) is 44.5 Å². The summed E-state index contributed by atoms with van der Waals surface area (Å²) >= 11 is 0. The van der Waals surface area contributed by atoms with Gasteiger partial charge in [0.05, 0.1) is 0 Å². The fourth-order valence-electron chi connectivity index (χ4n) is 7.95. The summed E-state index contributed by atoms with van der Waals surface area (Å²) in [7, 11) is 0. The average molecular weight is 797 g/mol. The Hall–Kier alpha value is -7.94. The molecule has 9 aromatic rings. The van der Waals surface area contributed by atoms with Crippen molar-refractivity contribution in [3.05, 3.63) is 264 Å². The number of aryl methyl sites for hydroxylation is 2. The first kappa shape index (κ1) is 39.5. The van der Waals surface area contributed by atoms with Gasteiger partial charge >= 0.3 is 0 Å². The van der Waals surface area contributed by atoms with Gasteiger partial charge in [-0.15, -0.1) is 0 Å². The Morgan fingerprint density at radius 2 is 0.629 bits per heavy atom. The number of hydrogen-bond donors (Lipinski definition) is 0. The summed E-state index contributed by atoms with van der Waals surface area (Å²) in [6.45, 7) is 4.34. The summed E-state index contributed by atoms with van der Waals surface area (Å²) in [6, 6.07) is 82.2. The smallest absolute Gasteiger partial charge is 0.0462 e. The van der Waals surface area contributed by atoms with Crippen molar-refractivity contribution >= 4 is 58.4 Å². The van der Waals surface area contributed by atoms with E-state index in [4.69, 9.17) is 0 Å². The van der Waals surface area contributed by atoms with Gasteiger partial charge in [0.25, 0.3) is 0 Å². The maximum Gasteiger partial charge on any atom is 0.0462 e. The third-order valence-corrected chi connectivity index (χ3v) is 11.3. The summed E-state index contributed by atoms with van der Waals surface area (Å²) in [5.41, 5.74) is 18.6. The van der Waals surface area contributed by atoms with E-state index in [1.807, 2.05) is 0 Å². The third kappa shape index (κ3) is 9.11. The summed E-state index contributed by atoms with van der Waals surface area (Å²) in [4.78, 5) is 4.58. The average Bonchev–Trinajstić information content (AvgIpc) is 3.33. The van der Waals surface area contributed by atoms with Gasteiger partial charge in [0, 0.05) is 34.1 Å². The molecule has 0 aromatic heterocycles. The van der Waals surface area contributed by atoms with Gasteiger partial charge < -0.3 is 9.80 Å². The highest BCUT2D eigenvalue weighted by atomic mass is 15.1. The molecule has 0 spiro atoms. The van der Waals surface area contributed by atoms with Crippen LogP contribution >= 0.6 is 0 Å². The monoisotopic (exact) mass is 796 g/mol. The van der Waals surface area contributed by atoms with Crippen LogP contribution in [-0.2, 0) is 0 Å². The highest BCUT2D eigenvalue weighted by Crippen LogP contribution is 2.37. The Balaban J connectivity index is 1.02. The number of benzene rings is 9. The summed E-state index contributed by atoms with van der Waals surface area (Å²) in [5, 5.41) is 0. The minimum atomic E-state index is 1.11. The summed E-state index contributed by atoms with van der Waals surface area (Å²) in [5.74, 6) is 0. The number of nitrogens with zero attached hydrogens (tertiary/aromatic N) is 2. The second kappa shape index (κ2) is 18.5. The standard InChI is InChI=1S/C60H48N2/c1-45-23-31-49(32-24-45)50-35-37-51(38-36-50)60-44-52(33-25-47-27-39-58(40-28-47)61(54-15-7-3-8-16-54)55-17-9-4-10-18-55)46(2)43-53(60)34-26-48-29-41-59(42-30-48)62(56-19-11-5-12-20-56)57-21-13-6-14-22-57/h3-44H,1-2H3/b33-25+,34-26+. The first-order valence-corrected chi connectivity index (χ1v) is 21.2. The lowest BCUT2D eigenvalue weighted by atomic mass is 9.92. The van der Waals surface area contributed by atoms with Gasteiger partial charge in [-0.2, -0.15) is 0 Å². The summed E-state index contributed by atoms with van der Waals surface area (Å²) in [6.07, 6.45) is 8.95. The molecule has 2 nitrogen and oxygen atoms in total. The number of para-hydroxylation sites is 4. The highest BCUT2D eigenvalue weighted by molar-refractivity contribution is 5.86. The van der Waals surface area contributed by atoms with Crippen molar-refractivity contribution in [2.45, 2.75) is 13.8 Å². The molecule has 9 rings (SSSR count). The third-order valence-electron chi connectivity index (χ3n) is 11.3. The lowest BCUT2D eigenvalue weighted by Gasteiger charge is -2.25. The van der Waals surface area contributed by atoms with Crippen LogP contribution in [0.4, 0.5) is 34.1 Å². The summed E-state index contributed by atoms with van der Waals surface area (Å²) < 4.78 is 0. The fourth-order valence-corrected chi connectivity index (χ4v) is 7.95. The van der Waals surface area contributed by atoms with Crippen molar-refractivity contribution in [1.82, 2.24) is 0 Å². The van der Waals surface area contributed by atoms with Crippen molar-refractivity contribution in [3.8, 4) is 22.3 Å². The molecular weight excluding hydrogens is 749 g/mol. The van der Waals surface area contributed by atoms with Crippen LogP contribution in [0.15, 0.2) is 231 Å². The van der Waals surface area contributed by atoms with Crippen LogP contribution in [0, 0.1) is 13.8 Å². The van der Waals surface area contributed by atoms with Crippen molar-refractivity contribution in [1.29, 1.82) is 0 Å². The number of rotatable bonds is 12. The van der Waals surface area contributed by atoms with Gasteiger partial charge in [-0.1, -0.05) is 182 Å². The molecular formula is C60H48N2. The van der Waals surface area contributed by atoms with Gasteiger partial charge in [-0.05, 0) is 143 Å². The van der Waals surface area contributed by atoms with E-state index in [2.05, 4.69) is 278 Å². The molecule has 2 heteroatoms. The minimum absolute atomic E-state index is 1.11. The van der Waals surface area contributed by atoms with E-state index in [1.54, 1.807) is 0 Å². The molecule has 62 heavy (non-hydrogen) atoms. The van der Waals surface area contributed by atoms with Crippen molar-refractivity contribution in [3.63, 3.8) is 0 Å². The van der Waals surface area contributed by atoms with Crippen LogP contribution in [0.2, 0.25) is 0 Å². The molecule has 0 fully saturated rings. The molecule has 0 heterocycles. The molecule has 298 valence electrons. The van der Waals surface area contributed by atoms with Crippen LogP contribution < -0.4 is 9.80 Å². The maximum atomic E-state index is 2.34. The zero-order valence-corrected chi connectivity index (χ0v) is 35.1. The molecule has 0 aliphatic carbocycles. The Bertz CT molecular complexity index is 2820. The predicted octanol–water partition coefficient (Wildman–Crippen LogP) is 16.9. The SMILES string of the molecule is Cc1ccc(-c2ccc(-c3cc(/C=C/c4ccc(N(c5ccccc5)c5ccccc5)cc4)c(C)cc3/C=C/c3ccc(N(c4ccccc4)c4ccccc4)cc3)cc2)cc1. The molecule has 0 atom stereocenters. The molecule has 0 aliphatic rings. The maximum absolute atomic E-state index is 2.34. The van der Waals surface area contributed by atoms with Crippen LogP contribution in [0.5, 0.6) is 0 Å². The molecule has 9 aromatic carbocycles. The second-order valence-electron chi connectivity index (χ2n) is 15.6. The Morgan fingerprint density at radius 1 is 0.290 bits per heavy atom. The van der Waals surface area contributed by atoms with Gasteiger partial charge in [0.15, 0.2) is 0 Å². The van der Waals surface area contributed by atoms with Crippen molar-refractivity contribution in [2.75, 3.05) is 9.80 Å². The van der Waals surface area contributed by atoms with E-state index in [0.717, 1.165) is 45.3 Å². The number of hydrogen-bond acceptors (Lipinski definition) is 2. The van der Waals surface area contributed by atoms with Gasteiger partial charge in [-0.3, -0.25) is 0 Å². The topological polar surface area (TPSA) is 6.48 Å². The minimum Gasteiger partial charge on any atom is -0.311 e. The van der Waals surface area contributed by atoms with Gasteiger partial charge in [0.1, 0.15) is 0 Å². The molecule has 0 radical (unpaired) electrons. The van der Waals surface area contributed by atoms with Gasteiger partial charge in [0.2, 0.25) is 0 Å². The molecule has 0 N–H and O–H groups in total. The van der Waals surface area contributed by atoms with E-state index >= 15 is 0 Å². The fraction of sp³-hybridized carbons (Fsp3) is 0.0333. The van der Waals surface area contributed by atoms with E-state index < -0.39 is 0 Å². The first-order valence-electron chi connectivity index (χ1n) is 21.2. The van der Waals surface area contributed by atoms with Crippen LogP contribution in [0.1, 0.15) is 33.4 Å².